The van der Waals surface area contributed by atoms with E-state index in [9.17, 15) is 9.59 Å². The molecule has 0 spiro atoms. The second-order valence-corrected chi connectivity index (χ2v) is 6.44. The number of carbonyl (C=O) groups is 2. The third kappa shape index (κ3) is 3.23. The van der Waals surface area contributed by atoms with E-state index in [1.807, 2.05) is 33.8 Å². The number of hydrogen-bond donors (Lipinski definition) is 1. The van der Waals surface area contributed by atoms with Crippen LogP contribution in [-0.2, 0) is 18.9 Å². The zero-order valence-electron chi connectivity index (χ0n) is 13.7. The van der Waals surface area contributed by atoms with Gasteiger partial charge >= 0.3 is 7.12 Å². The van der Waals surface area contributed by atoms with Gasteiger partial charge in [-0.25, -0.2) is 0 Å². The minimum Gasteiger partial charge on any atom is -0.399 e. The van der Waals surface area contributed by atoms with Gasteiger partial charge in [-0.2, -0.15) is 0 Å². The first kappa shape index (κ1) is 16.7. The fourth-order valence-electron chi connectivity index (χ4n) is 2.10. The van der Waals surface area contributed by atoms with Gasteiger partial charge in [0, 0.05) is 12.1 Å². The second-order valence-electron chi connectivity index (χ2n) is 6.44. The van der Waals surface area contributed by atoms with Crippen LogP contribution in [0.15, 0.2) is 24.3 Å². The Kier molecular flexibility index (Phi) is 4.45. The Hall–Kier alpha value is -1.66. The van der Waals surface area contributed by atoms with Crippen molar-refractivity contribution < 1.29 is 18.9 Å². The van der Waals surface area contributed by atoms with E-state index in [0.717, 1.165) is 5.46 Å². The first-order valence-corrected chi connectivity index (χ1v) is 7.46. The Morgan fingerprint density at radius 3 is 2.27 bits per heavy atom. The standard InChI is InChI=1S/C16H22BNO4/c1-6-13(19)14(20)18-12-9-7-8-11(10-12)17-21-15(2,3)16(4,5)22-17/h7-10H,6H2,1-5H3,(H,18,20). The topological polar surface area (TPSA) is 64.6 Å². The molecule has 0 atom stereocenters. The molecule has 2 rings (SSSR count). The average Bonchev–Trinajstić information content (AvgIpc) is 2.67. The van der Waals surface area contributed by atoms with Gasteiger partial charge in [0.05, 0.1) is 11.2 Å². The molecule has 1 aliphatic heterocycles. The van der Waals surface area contributed by atoms with Crippen molar-refractivity contribution in [1.29, 1.82) is 0 Å². The van der Waals surface area contributed by atoms with Gasteiger partial charge in [-0.15, -0.1) is 0 Å². The number of hydrogen-bond acceptors (Lipinski definition) is 4. The number of Topliss-reactive ketones (excluding diaryl/α,β-unsaturated/α-hetero) is 1. The summed E-state index contributed by atoms with van der Waals surface area (Å²) in [4.78, 5) is 23.0. The lowest BCUT2D eigenvalue weighted by Gasteiger charge is -2.32. The minimum atomic E-state index is -0.603. The van der Waals surface area contributed by atoms with E-state index in [0.29, 0.717) is 5.69 Å². The molecule has 1 aliphatic rings. The van der Waals surface area contributed by atoms with Gasteiger partial charge in [0.15, 0.2) is 0 Å². The van der Waals surface area contributed by atoms with Crippen molar-refractivity contribution in [2.24, 2.45) is 0 Å². The summed E-state index contributed by atoms with van der Waals surface area (Å²) < 4.78 is 12.0. The highest BCUT2D eigenvalue weighted by atomic mass is 16.7. The Labute approximate surface area is 131 Å². The lowest BCUT2D eigenvalue weighted by atomic mass is 9.79. The average molecular weight is 303 g/mol. The monoisotopic (exact) mass is 303 g/mol. The first-order valence-electron chi connectivity index (χ1n) is 7.46. The Bertz CT molecular complexity index is 582. The summed E-state index contributed by atoms with van der Waals surface area (Å²) in [5.74, 6) is -1.05. The van der Waals surface area contributed by atoms with Crippen molar-refractivity contribution in [2.45, 2.75) is 52.2 Å². The predicted octanol–water partition coefficient (Wildman–Crippen LogP) is 1.90. The lowest BCUT2D eigenvalue weighted by molar-refractivity contribution is -0.134. The molecule has 0 unspecified atom stereocenters. The van der Waals surface area contributed by atoms with E-state index >= 15 is 0 Å². The smallest absolute Gasteiger partial charge is 0.399 e. The number of benzene rings is 1. The van der Waals surface area contributed by atoms with Crippen molar-refractivity contribution in [3.05, 3.63) is 24.3 Å². The molecule has 1 N–H and O–H groups in total. The van der Waals surface area contributed by atoms with Gasteiger partial charge in [0.1, 0.15) is 0 Å². The molecule has 1 aromatic rings. The van der Waals surface area contributed by atoms with Gasteiger partial charge in [-0.3, -0.25) is 9.59 Å². The highest BCUT2D eigenvalue weighted by molar-refractivity contribution is 6.62. The van der Waals surface area contributed by atoms with E-state index in [-0.39, 0.29) is 6.42 Å². The molecular formula is C16H22BNO4. The summed E-state index contributed by atoms with van der Waals surface area (Å²) in [5, 5.41) is 2.60. The third-order valence-corrected chi connectivity index (χ3v) is 4.24. The highest BCUT2D eigenvalue weighted by Crippen LogP contribution is 2.36. The molecule has 0 radical (unpaired) electrons. The zero-order chi connectivity index (χ0) is 16.5. The van der Waals surface area contributed by atoms with Gasteiger partial charge in [0.25, 0.3) is 5.91 Å². The van der Waals surface area contributed by atoms with Crippen LogP contribution >= 0.6 is 0 Å². The Balaban J connectivity index is 2.16. The molecule has 1 aromatic carbocycles. The third-order valence-electron chi connectivity index (χ3n) is 4.24. The van der Waals surface area contributed by atoms with Crippen molar-refractivity contribution in [2.75, 3.05) is 5.32 Å². The summed E-state index contributed by atoms with van der Waals surface area (Å²) >= 11 is 0. The molecule has 1 saturated heterocycles. The van der Waals surface area contributed by atoms with Crippen LogP contribution in [0.3, 0.4) is 0 Å². The van der Waals surface area contributed by atoms with Gasteiger partial charge in [-0.1, -0.05) is 19.1 Å². The predicted molar refractivity (Wildman–Crippen MR) is 86.1 cm³/mol. The quantitative estimate of drug-likeness (QED) is 0.681. The van der Waals surface area contributed by atoms with Crippen molar-refractivity contribution in [3.8, 4) is 0 Å². The molecule has 0 bridgehead atoms. The summed E-state index contributed by atoms with van der Waals surface area (Å²) in [6.07, 6.45) is 0.183. The SMILES string of the molecule is CCC(=O)C(=O)Nc1cccc(B2OC(C)(C)C(C)(C)O2)c1. The molecule has 22 heavy (non-hydrogen) atoms. The van der Waals surface area contributed by atoms with E-state index in [2.05, 4.69) is 5.32 Å². The molecule has 1 amide bonds. The molecule has 0 aromatic heterocycles. The number of anilines is 1. The molecule has 5 nitrogen and oxygen atoms in total. The molecule has 118 valence electrons. The van der Waals surface area contributed by atoms with Crippen LogP contribution in [-0.4, -0.2) is 30.0 Å². The maximum Gasteiger partial charge on any atom is 0.494 e. The highest BCUT2D eigenvalue weighted by Gasteiger charge is 2.51. The summed E-state index contributed by atoms with van der Waals surface area (Å²) in [6.45, 7) is 9.59. The Morgan fingerprint density at radius 1 is 1.14 bits per heavy atom. The maximum atomic E-state index is 11.7. The molecule has 1 fully saturated rings. The number of amides is 1. The van der Waals surface area contributed by atoms with Crippen LogP contribution in [0.25, 0.3) is 0 Å². The Morgan fingerprint density at radius 2 is 1.73 bits per heavy atom. The van der Waals surface area contributed by atoms with Gasteiger partial charge in [-0.05, 0) is 45.3 Å². The maximum absolute atomic E-state index is 11.7. The summed E-state index contributed by atoms with van der Waals surface area (Å²) in [6, 6.07) is 7.17. The summed E-state index contributed by atoms with van der Waals surface area (Å²) in [7, 11) is -0.497. The van der Waals surface area contributed by atoms with Crippen LogP contribution in [0.1, 0.15) is 41.0 Å². The fraction of sp³-hybridized carbons (Fsp3) is 0.500. The zero-order valence-corrected chi connectivity index (χ0v) is 13.7. The number of ketones is 1. The van der Waals surface area contributed by atoms with Crippen molar-refractivity contribution in [3.63, 3.8) is 0 Å². The van der Waals surface area contributed by atoms with Crippen molar-refractivity contribution >= 4 is 30.0 Å². The van der Waals surface area contributed by atoms with Gasteiger partial charge in [0.2, 0.25) is 5.78 Å². The summed E-state index contributed by atoms with van der Waals surface area (Å²) in [5.41, 5.74) is 0.518. The normalized spacial score (nSPS) is 19.0. The van der Waals surface area contributed by atoms with Crippen LogP contribution < -0.4 is 10.8 Å². The lowest BCUT2D eigenvalue weighted by Crippen LogP contribution is -2.41. The minimum absolute atomic E-state index is 0.183. The van der Waals surface area contributed by atoms with Crippen LogP contribution in [0.4, 0.5) is 5.69 Å². The molecule has 6 heteroatoms. The van der Waals surface area contributed by atoms with Crippen LogP contribution in [0.2, 0.25) is 0 Å². The van der Waals surface area contributed by atoms with E-state index in [1.54, 1.807) is 25.1 Å². The molecule has 0 saturated carbocycles. The number of nitrogens with one attached hydrogen (secondary N) is 1. The molecule has 0 aliphatic carbocycles. The van der Waals surface area contributed by atoms with Crippen LogP contribution in [0.5, 0.6) is 0 Å². The molecule has 1 heterocycles. The molecular weight excluding hydrogens is 281 g/mol. The number of rotatable bonds is 4. The van der Waals surface area contributed by atoms with Crippen LogP contribution in [0, 0.1) is 0 Å². The van der Waals surface area contributed by atoms with Crippen molar-refractivity contribution in [1.82, 2.24) is 0 Å². The largest absolute Gasteiger partial charge is 0.494 e. The van der Waals surface area contributed by atoms with E-state index < -0.39 is 30.0 Å². The van der Waals surface area contributed by atoms with Gasteiger partial charge < -0.3 is 14.6 Å². The first-order chi connectivity index (χ1) is 10.2. The van der Waals surface area contributed by atoms with E-state index in [4.69, 9.17) is 9.31 Å². The fourth-order valence-corrected chi connectivity index (χ4v) is 2.10. The number of carbonyl (C=O) groups excluding carboxylic acids is 2. The van der Waals surface area contributed by atoms with E-state index in [1.165, 1.54) is 0 Å². The second kappa shape index (κ2) is 5.86.